The van der Waals surface area contributed by atoms with Crippen molar-refractivity contribution in [2.24, 2.45) is 0 Å². The number of thioether (sulfide) groups is 1. The Morgan fingerprint density at radius 1 is 1.52 bits per heavy atom. The van der Waals surface area contributed by atoms with Gasteiger partial charge in [-0.3, -0.25) is 14.4 Å². The van der Waals surface area contributed by atoms with E-state index in [1.807, 2.05) is 0 Å². The first-order valence-electron chi connectivity index (χ1n) is 6.84. The molecule has 1 aromatic rings. The van der Waals surface area contributed by atoms with Gasteiger partial charge in [0.1, 0.15) is 6.04 Å². The van der Waals surface area contributed by atoms with Crippen molar-refractivity contribution in [1.82, 2.24) is 20.4 Å². The SMILES string of the molecule is O=C1CCSC[C@@H](C(=O)NCCCn2ncccc2=O)N1. The number of rotatable bonds is 5. The molecule has 1 saturated heterocycles. The fourth-order valence-electron chi connectivity index (χ4n) is 1.93. The average molecular weight is 310 g/mol. The van der Waals surface area contributed by atoms with Gasteiger partial charge in [0.15, 0.2) is 0 Å². The van der Waals surface area contributed by atoms with Crippen molar-refractivity contribution >= 4 is 23.6 Å². The highest BCUT2D eigenvalue weighted by Gasteiger charge is 2.22. The van der Waals surface area contributed by atoms with Crippen LogP contribution in [-0.4, -0.2) is 45.7 Å². The molecule has 1 atom stereocenters. The molecule has 2 amide bonds. The first-order chi connectivity index (χ1) is 10.2. The maximum absolute atomic E-state index is 12.0. The predicted molar refractivity (Wildman–Crippen MR) is 80.0 cm³/mol. The molecule has 7 nitrogen and oxygen atoms in total. The molecule has 0 bridgehead atoms. The molecule has 0 radical (unpaired) electrons. The second-order valence-corrected chi connectivity index (χ2v) is 5.82. The van der Waals surface area contributed by atoms with E-state index in [2.05, 4.69) is 15.7 Å². The summed E-state index contributed by atoms with van der Waals surface area (Å²) in [6, 6.07) is 2.57. The van der Waals surface area contributed by atoms with Crippen LogP contribution < -0.4 is 16.2 Å². The fourth-order valence-corrected chi connectivity index (χ4v) is 2.90. The van der Waals surface area contributed by atoms with Crippen molar-refractivity contribution in [1.29, 1.82) is 0 Å². The molecule has 0 unspecified atom stereocenters. The number of amides is 2. The first kappa shape index (κ1) is 15.6. The van der Waals surface area contributed by atoms with Crippen molar-refractivity contribution in [2.75, 3.05) is 18.1 Å². The van der Waals surface area contributed by atoms with E-state index in [0.717, 1.165) is 5.75 Å². The topological polar surface area (TPSA) is 93.1 Å². The zero-order chi connectivity index (χ0) is 15.1. The summed E-state index contributed by atoms with van der Waals surface area (Å²) in [4.78, 5) is 34.8. The van der Waals surface area contributed by atoms with E-state index in [1.165, 1.54) is 10.7 Å². The van der Waals surface area contributed by atoms with Gasteiger partial charge in [0.05, 0.1) is 0 Å². The number of carbonyl (C=O) groups is 2. The monoisotopic (exact) mass is 310 g/mol. The molecule has 1 fully saturated rings. The van der Waals surface area contributed by atoms with Crippen molar-refractivity contribution in [3.63, 3.8) is 0 Å². The van der Waals surface area contributed by atoms with E-state index in [9.17, 15) is 14.4 Å². The molecular formula is C13H18N4O3S. The molecule has 1 aliphatic heterocycles. The minimum Gasteiger partial charge on any atom is -0.354 e. The maximum atomic E-state index is 12.0. The lowest BCUT2D eigenvalue weighted by atomic mass is 10.3. The van der Waals surface area contributed by atoms with Crippen molar-refractivity contribution in [3.05, 3.63) is 28.7 Å². The Morgan fingerprint density at radius 2 is 2.38 bits per heavy atom. The molecule has 0 saturated carbocycles. The normalized spacial score (nSPS) is 18.7. The van der Waals surface area contributed by atoms with Gasteiger partial charge in [-0.15, -0.1) is 0 Å². The lowest BCUT2D eigenvalue weighted by Crippen LogP contribution is -2.47. The largest absolute Gasteiger partial charge is 0.354 e. The van der Waals surface area contributed by atoms with Gasteiger partial charge in [0.25, 0.3) is 5.56 Å². The highest BCUT2D eigenvalue weighted by molar-refractivity contribution is 7.99. The molecule has 114 valence electrons. The summed E-state index contributed by atoms with van der Waals surface area (Å²) in [7, 11) is 0. The van der Waals surface area contributed by atoms with Crippen LogP contribution in [0.2, 0.25) is 0 Å². The van der Waals surface area contributed by atoms with E-state index in [4.69, 9.17) is 0 Å². The molecule has 21 heavy (non-hydrogen) atoms. The molecule has 0 aromatic carbocycles. The van der Waals surface area contributed by atoms with E-state index in [-0.39, 0.29) is 17.4 Å². The van der Waals surface area contributed by atoms with E-state index < -0.39 is 6.04 Å². The number of carbonyl (C=O) groups excluding carboxylic acids is 2. The zero-order valence-corrected chi connectivity index (χ0v) is 12.4. The van der Waals surface area contributed by atoms with Crippen LogP contribution in [-0.2, 0) is 16.1 Å². The minimum absolute atomic E-state index is 0.0832. The summed E-state index contributed by atoms with van der Waals surface area (Å²) < 4.78 is 1.36. The molecule has 2 heterocycles. The second kappa shape index (κ2) is 7.82. The van der Waals surface area contributed by atoms with Crippen LogP contribution in [0.15, 0.2) is 23.1 Å². The smallest absolute Gasteiger partial charge is 0.266 e. The van der Waals surface area contributed by atoms with Crippen LogP contribution in [0, 0.1) is 0 Å². The van der Waals surface area contributed by atoms with Crippen LogP contribution >= 0.6 is 11.8 Å². The number of aromatic nitrogens is 2. The minimum atomic E-state index is -0.470. The Kier molecular flexibility index (Phi) is 5.79. The van der Waals surface area contributed by atoms with Gasteiger partial charge in [0, 0.05) is 43.3 Å². The van der Waals surface area contributed by atoms with Gasteiger partial charge >= 0.3 is 0 Å². The van der Waals surface area contributed by atoms with Gasteiger partial charge < -0.3 is 10.6 Å². The van der Waals surface area contributed by atoms with Gasteiger partial charge in [0.2, 0.25) is 11.8 Å². The molecule has 2 rings (SSSR count). The number of aryl methyl sites for hydroxylation is 1. The number of nitrogens with one attached hydrogen (secondary N) is 2. The lowest BCUT2D eigenvalue weighted by molar-refractivity contribution is -0.128. The Hall–Kier alpha value is -1.83. The molecule has 0 spiro atoms. The van der Waals surface area contributed by atoms with E-state index >= 15 is 0 Å². The number of hydrogen-bond donors (Lipinski definition) is 2. The summed E-state index contributed by atoms with van der Waals surface area (Å²) in [5.74, 6) is 1.08. The third-order valence-electron chi connectivity index (χ3n) is 3.04. The molecule has 8 heteroatoms. The molecular weight excluding hydrogens is 292 g/mol. The highest BCUT2D eigenvalue weighted by atomic mass is 32.2. The van der Waals surface area contributed by atoms with E-state index in [1.54, 1.807) is 24.0 Å². The third kappa shape index (κ3) is 4.89. The predicted octanol–water partition coefficient (Wildman–Crippen LogP) is -0.629. The van der Waals surface area contributed by atoms with Gasteiger partial charge in [-0.05, 0) is 12.5 Å². The quantitative estimate of drug-likeness (QED) is 0.707. The molecule has 0 aliphatic carbocycles. The zero-order valence-electron chi connectivity index (χ0n) is 11.6. The molecule has 1 aromatic heterocycles. The Bertz CT molecular complexity index is 560. The van der Waals surface area contributed by atoms with Gasteiger partial charge in [-0.2, -0.15) is 16.9 Å². The number of hydrogen-bond acceptors (Lipinski definition) is 5. The molecule has 2 N–H and O–H groups in total. The van der Waals surface area contributed by atoms with Crippen LogP contribution in [0.25, 0.3) is 0 Å². The van der Waals surface area contributed by atoms with Crippen molar-refractivity contribution in [2.45, 2.75) is 25.4 Å². The van der Waals surface area contributed by atoms with Gasteiger partial charge in [-0.25, -0.2) is 4.68 Å². The van der Waals surface area contributed by atoms with E-state index in [0.29, 0.717) is 31.7 Å². The summed E-state index contributed by atoms with van der Waals surface area (Å²) in [5.41, 5.74) is -0.156. The van der Waals surface area contributed by atoms with Crippen LogP contribution in [0.1, 0.15) is 12.8 Å². The summed E-state index contributed by atoms with van der Waals surface area (Å²) in [6.07, 6.45) is 2.62. The average Bonchev–Trinajstić information content (AvgIpc) is 2.70. The maximum Gasteiger partial charge on any atom is 0.266 e. The highest BCUT2D eigenvalue weighted by Crippen LogP contribution is 2.09. The molecule has 1 aliphatic rings. The number of nitrogens with zero attached hydrogens (tertiary/aromatic N) is 2. The van der Waals surface area contributed by atoms with Crippen LogP contribution in [0.3, 0.4) is 0 Å². The second-order valence-electron chi connectivity index (χ2n) is 4.67. The van der Waals surface area contributed by atoms with Gasteiger partial charge in [-0.1, -0.05) is 0 Å². The summed E-state index contributed by atoms with van der Waals surface area (Å²) in [5, 5.41) is 9.43. The Labute approximate surface area is 126 Å². The third-order valence-corrected chi connectivity index (χ3v) is 4.10. The Morgan fingerprint density at radius 3 is 3.19 bits per heavy atom. The summed E-state index contributed by atoms with van der Waals surface area (Å²) >= 11 is 1.59. The van der Waals surface area contributed by atoms with Crippen molar-refractivity contribution in [3.8, 4) is 0 Å². The Balaban J connectivity index is 1.73. The standard InChI is InChI=1S/C13H18N4O3S/c18-11-4-8-21-9-10(16-11)13(20)14-5-2-7-17-12(19)3-1-6-15-17/h1,3,6,10H,2,4-5,7-9H2,(H,14,20)(H,16,18)/t10-/m0/s1. The van der Waals surface area contributed by atoms with Crippen LogP contribution in [0.5, 0.6) is 0 Å². The lowest BCUT2D eigenvalue weighted by Gasteiger charge is -2.15. The van der Waals surface area contributed by atoms with Crippen LogP contribution in [0.4, 0.5) is 0 Å². The summed E-state index contributed by atoms with van der Waals surface area (Å²) in [6.45, 7) is 0.893. The first-order valence-corrected chi connectivity index (χ1v) is 7.99. The fraction of sp³-hybridized carbons (Fsp3) is 0.538. The van der Waals surface area contributed by atoms with Crippen molar-refractivity contribution < 1.29 is 9.59 Å².